The summed E-state index contributed by atoms with van der Waals surface area (Å²) < 4.78 is 131. The van der Waals surface area contributed by atoms with Gasteiger partial charge in [0.1, 0.15) is 23.3 Å². The summed E-state index contributed by atoms with van der Waals surface area (Å²) in [5.41, 5.74) is 3.70. The Morgan fingerprint density at radius 2 is 1.07 bits per heavy atom. The molecule has 1 amide bonds. The first kappa shape index (κ1) is 48.1. The van der Waals surface area contributed by atoms with Crippen LogP contribution in [0, 0.1) is 23.3 Å². The molecule has 0 spiro atoms. The van der Waals surface area contributed by atoms with Crippen LogP contribution in [-0.2, 0) is 26.4 Å². The molecule has 0 unspecified atom stereocenters. The van der Waals surface area contributed by atoms with Gasteiger partial charge in [-0.15, -0.1) is 11.6 Å². The summed E-state index contributed by atoms with van der Waals surface area (Å²) in [7, 11) is 2.52. The lowest BCUT2D eigenvalue weighted by Crippen LogP contribution is -2.18. The van der Waals surface area contributed by atoms with Gasteiger partial charge in [-0.3, -0.25) is 19.0 Å². The lowest BCUT2D eigenvalue weighted by molar-refractivity contribution is -0.142. The van der Waals surface area contributed by atoms with Gasteiger partial charge in [-0.1, -0.05) is 35.3 Å². The molecule has 6 rings (SSSR count). The van der Waals surface area contributed by atoms with Gasteiger partial charge < -0.3 is 11.1 Å². The van der Waals surface area contributed by atoms with Crippen molar-refractivity contribution < 1.29 is 53.5 Å². The summed E-state index contributed by atoms with van der Waals surface area (Å²) in [6.07, 6.45) is -6.15. The third-order valence-corrected chi connectivity index (χ3v) is 8.14. The Kier molecular flexibility index (Phi) is 16.4. The number of hydrogen-bond acceptors (Lipinski definition) is 5. The van der Waals surface area contributed by atoms with E-state index in [4.69, 9.17) is 40.5 Å². The second-order valence-corrected chi connectivity index (χ2v) is 12.7. The van der Waals surface area contributed by atoms with Crippen LogP contribution in [0.2, 0.25) is 10.0 Å². The van der Waals surface area contributed by atoms with E-state index in [9.17, 15) is 53.5 Å². The standard InChI is InChI=1S/C18H11ClF5N3O.C12H8ClF2N.C6H4ClF3N2O.CH3Cl/c1-27-8-12(16(26-27)18(22,23)24)17(28)25-15-5-3-10(20)7-11(15)9-2-4-14(21)13(19)6-9;13-10-5-7(1-3-11(10)15)9-6-8(14)2-4-12(9)16;1-12-2-3(5(7)13)4(11-12)6(8,9)10;1-2/h2-8H,1H3,(H,25,28);1-6H,16H2;2H,1H3;1H3. The van der Waals surface area contributed by atoms with Crippen molar-refractivity contribution in [3.63, 3.8) is 0 Å². The zero-order chi connectivity index (χ0) is 44.6. The number of alkyl halides is 7. The van der Waals surface area contributed by atoms with Crippen LogP contribution in [0.15, 0.2) is 85.2 Å². The van der Waals surface area contributed by atoms with E-state index in [0.29, 0.717) is 16.8 Å². The highest BCUT2D eigenvalue weighted by atomic mass is 35.5. The average molecular weight is 918 g/mol. The van der Waals surface area contributed by atoms with Crippen molar-refractivity contribution in [3.8, 4) is 22.3 Å². The predicted molar refractivity (Wildman–Crippen MR) is 204 cm³/mol. The molecule has 0 aliphatic carbocycles. The SMILES string of the molecule is CCl.Cn1cc(C(=O)Cl)c(C(F)(F)F)n1.Cn1cc(C(=O)Nc2ccc(F)cc2-c2ccc(F)c(Cl)c2)c(C(F)(F)F)n1.Nc1ccc(F)cc1-c1ccc(F)c(Cl)c1. The summed E-state index contributed by atoms with van der Waals surface area (Å²) in [5, 5.41) is 7.27. The lowest BCUT2D eigenvalue weighted by Gasteiger charge is -2.13. The van der Waals surface area contributed by atoms with Crippen molar-refractivity contribution in [1.82, 2.24) is 19.6 Å². The average Bonchev–Trinajstić information content (AvgIpc) is 3.77. The van der Waals surface area contributed by atoms with Crippen molar-refractivity contribution in [3.05, 3.63) is 141 Å². The Hall–Kier alpha value is -5.30. The molecular formula is C37H26Cl4F10N6O2. The monoisotopic (exact) mass is 916 g/mol. The smallest absolute Gasteiger partial charge is 0.398 e. The molecule has 0 saturated carbocycles. The number of nitrogens with one attached hydrogen (secondary N) is 1. The number of aromatic nitrogens is 4. The molecule has 0 aliphatic rings. The van der Waals surface area contributed by atoms with E-state index >= 15 is 0 Å². The van der Waals surface area contributed by atoms with Crippen molar-refractivity contribution in [2.24, 2.45) is 14.1 Å². The van der Waals surface area contributed by atoms with Gasteiger partial charge in [-0.2, -0.15) is 36.5 Å². The molecule has 59 heavy (non-hydrogen) atoms. The fraction of sp³-hybridized carbons (Fsp3) is 0.135. The number of benzene rings is 4. The predicted octanol–water partition coefficient (Wildman–Crippen LogP) is 11.8. The molecule has 22 heteroatoms. The van der Waals surface area contributed by atoms with Crippen LogP contribution in [0.1, 0.15) is 32.1 Å². The number of halogens is 14. The molecule has 8 nitrogen and oxygen atoms in total. The van der Waals surface area contributed by atoms with Crippen molar-refractivity contribution in [2.45, 2.75) is 12.4 Å². The third-order valence-electron chi connectivity index (χ3n) is 7.36. The molecule has 0 bridgehead atoms. The highest BCUT2D eigenvalue weighted by molar-refractivity contribution is 6.67. The molecule has 2 aromatic heterocycles. The Morgan fingerprint density at radius 1 is 0.644 bits per heavy atom. The van der Waals surface area contributed by atoms with Crippen LogP contribution >= 0.6 is 46.4 Å². The van der Waals surface area contributed by atoms with Gasteiger partial charge in [0.15, 0.2) is 11.4 Å². The molecule has 3 N–H and O–H groups in total. The van der Waals surface area contributed by atoms with Crippen molar-refractivity contribution in [1.29, 1.82) is 0 Å². The fourth-order valence-corrected chi connectivity index (χ4v) is 5.36. The lowest BCUT2D eigenvalue weighted by atomic mass is 10.0. The highest BCUT2D eigenvalue weighted by Crippen LogP contribution is 2.35. The normalized spacial score (nSPS) is 11.0. The molecule has 0 fully saturated rings. The highest BCUT2D eigenvalue weighted by Gasteiger charge is 2.40. The Balaban J connectivity index is 0.000000254. The molecule has 0 aliphatic heterocycles. The quantitative estimate of drug-likeness (QED) is 0.0775. The topological polar surface area (TPSA) is 108 Å². The second kappa shape index (κ2) is 20.1. The second-order valence-electron chi connectivity index (χ2n) is 11.5. The van der Waals surface area contributed by atoms with Crippen molar-refractivity contribution in [2.75, 3.05) is 17.4 Å². The maximum absolute atomic E-state index is 13.7. The largest absolute Gasteiger partial charge is 0.435 e. The molecule has 314 valence electrons. The number of anilines is 2. The summed E-state index contributed by atoms with van der Waals surface area (Å²) in [6.45, 7) is 0. The number of carbonyl (C=O) groups is 2. The Morgan fingerprint density at radius 3 is 1.51 bits per heavy atom. The molecule has 0 saturated heterocycles. The molecule has 0 radical (unpaired) electrons. The summed E-state index contributed by atoms with van der Waals surface area (Å²) in [4.78, 5) is 23.0. The van der Waals surface area contributed by atoms with E-state index < -0.39 is 69.3 Å². The third kappa shape index (κ3) is 12.8. The number of rotatable bonds is 5. The number of carbonyl (C=O) groups excluding carboxylic acids is 2. The van der Waals surface area contributed by atoms with Crippen molar-refractivity contribution >= 4 is 68.9 Å². The van der Waals surface area contributed by atoms with Gasteiger partial charge in [0.25, 0.3) is 11.1 Å². The molecule has 4 aromatic carbocycles. The van der Waals surface area contributed by atoms with E-state index in [2.05, 4.69) is 27.1 Å². The summed E-state index contributed by atoms with van der Waals surface area (Å²) in [6, 6.07) is 15.0. The maximum atomic E-state index is 13.7. The number of nitrogens with zero attached hydrogens (tertiary/aromatic N) is 4. The minimum absolute atomic E-state index is 0.0128. The van der Waals surface area contributed by atoms with Crippen LogP contribution in [0.5, 0.6) is 0 Å². The first-order chi connectivity index (χ1) is 27.5. The van der Waals surface area contributed by atoms with Crippen LogP contribution in [0.3, 0.4) is 0 Å². The Labute approximate surface area is 348 Å². The van der Waals surface area contributed by atoms with Gasteiger partial charge >= 0.3 is 12.4 Å². The number of amides is 1. The number of nitrogens with two attached hydrogens (primary N) is 1. The molecule has 0 atom stereocenters. The van der Waals surface area contributed by atoms with E-state index in [1.54, 1.807) is 0 Å². The molecule has 6 aromatic rings. The first-order valence-corrected chi connectivity index (χ1v) is 17.7. The van der Waals surface area contributed by atoms with Crippen LogP contribution < -0.4 is 11.1 Å². The summed E-state index contributed by atoms with van der Waals surface area (Å²) >= 11 is 21.0. The van der Waals surface area contributed by atoms with E-state index in [-0.39, 0.29) is 26.9 Å². The van der Waals surface area contributed by atoms with Gasteiger partial charge in [0.2, 0.25) is 0 Å². The number of aryl methyl sites for hydroxylation is 2. The van der Waals surface area contributed by atoms with Crippen LogP contribution in [0.4, 0.5) is 55.3 Å². The number of hydrogen-bond donors (Lipinski definition) is 2. The summed E-state index contributed by atoms with van der Waals surface area (Å²) in [5.74, 6) is -3.35. The maximum Gasteiger partial charge on any atom is 0.435 e. The first-order valence-electron chi connectivity index (χ1n) is 15.8. The fourth-order valence-electron chi connectivity index (χ4n) is 4.87. The number of nitrogen functional groups attached to an aromatic ring is 1. The van der Waals surface area contributed by atoms with Gasteiger partial charge in [-0.05, 0) is 83.4 Å². The van der Waals surface area contributed by atoms with Gasteiger partial charge in [0, 0.05) is 55.4 Å². The van der Waals surface area contributed by atoms with Gasteiger partial charge in [0.05, 0.1) is 21.2 Å². The van der Waals surface area contributed by atoms with Crippen LogP contribution in [0.25, 0.3) is 22.3 Å². The van der Waals surface area contributed by atoms with E-state index in [1.807, 2.05) is 0 Å². The van der Waals surface area contributed by atoms with Crippen LogP contribution in [-0.4, -0.2) is 37.1 Å². The zero-order valence-electron chi connectivity index (χ0n) is 30.1. The Bertz CT molecular complexity index is 2450. The zero-order valence-corrected chi connectivity index (χ0v) is 33.1. The van der Waals surface area contributed by atoms with E-state index in [0.717, 1.165) is 40.0 Å². The molecular weight excluding hydrogens is 892 g/mol. The van der Waals surface area contributed by atoms with E-state index in [1.165, 1.54) is 75.1 Å². The minimum atomic E-state index is -4.83. The molecule has 2 heterocycles. The van der Waals surface area contributed by atoms with Gasteiger partial charge in [-0.25, -0.2) is 17.6 Å². The minimum Gasteiger partial charge on any atom is -0.398 e.